The molecule has 22 heteroatoms. The number of ether oxygens (including phenoxy) is 6. The van der Waals surface area contributed by atoms with Gasteiger partial charge in [-0.15, -0.1) is 0 Å². The van der Waals surface area contributed by atoms with Gasteiger partial charge in [0.05, 0.1) is 6.61 Å². The number of fused-ring (bicyclic) bond motifs is 1. The molecule has 3 saturated heterocycles. The van der Waals surface area contributed by atoms with Gasteiger partial charge in [-0.1, -0.05) is 0 Å². The number of aliphatic carboxylic acids is 2. The highest BCUT2D eigenvalue weighted by Crippen LogP contribution is 2.35. The highest BCUT2D eigenvalue weighted by molar-refractivity contribution is 5.86. The van der Waals surface area contributed by atoms with Gasteiger partial charge < -0.3 is 94.1 Å². The van der Waals surface area contributed by atoms with Crippen LogP contribution in [-0.2, 0) is 28.5 Å². The lowest BCUT2D eigenvalue weighted by atomic mass is 9.97. The molecule has 3 aliphatic heterocycles. The van der Waals surface area contributed by atoms with Crippen LogP contribution in [0.1, 0.15) is 0 Å². The van der Waals surface area contributed by atoms with E-state index in [-0.39, 0.29) is 33.8 Å². The van der Waals surface area contributed by atoms with Crippen LogP contribution in [0.15, 0.2) is 51.7 Å². The number of carbonyl (C=O) groups is 2. The Bertz CT molecular complexity index is 1920. The Morgan fingerprint density at radius 1 is 0.636 bits per heavy atom. The molecule has 300 valence electrons. The van der Waals surface area contributed by atoms with Crippen molar-refractivity contribution < 1.29 is 104 Å². The first-order valence-electron chi connectivity index (χ1n) is 16.4. The highest BCUT2D eigenvalue weighted by atomic mass is 16.8. The molecule has 0 spiro atoms. The molecule has 1 aromatic heterocycles. The van der Waals surface area contributed by atoms with Crippen LogP contribution in [0.25, 0.3) is 22.3 Å². The van der Waals surface area contributed by atoms with E-state index in [1.807, 2.05) is 0 Å². The molecule has 6 rings (SSSR count). The Morgan fingerprint density at radius 3 is 1.82 bits per heavy atom. The minimum absolute atomic E-state index is 0.00284. The van der Waals surface area contributed by atoms with E-state index < -0.39 is 122 Å². The number of phenols is 1. The van der Waals surface area contributed by atoms with Crippen LogP contribution in [-0.4, -0.2) is 172 Å². The van der Waals surface area contributed by atoms with E-state index in [2.05, 4.69) is 0 Å². The zero-order chi connectivity index (χ0) is 40.0. The van der Waals surface area contributed by atoms with Crippen molar-refractivity contribution in [2.45, 2.75) is 92.1 Å². The zero-order valence-corrected chi connectivity index (χ0v) is 27.9. The smallest absolute Gasteiger partial charge is 0.335 e. The maximum Gasteiger partial charge on any atom is 0.335 e. The third-order valence-electron chi connectivity index (χ3n) is 9.17. The fraction of sp³-hybridized carbons (Fsp3) is 0.485. The molecule has 0 radical (unpaired) electrons. The van der Waals surface area contributed by atoms with Gasteiger partial charge in [-0.25, -0.2) is 9.59 Å². The number of phenolic OH excluding ortho intramolecular Hbond substituents is 1. The molecule has 3 aromatic rings. The molecule has 0 bridgehead atoms. The summed E-state index contributed by atoms with van der Waals surface area (Å²) < 4.78 is 38.4. The van der Waals surface area contributed by atoms with Crippen molar-refractivity contribution in [3.63, 3.8) is 0 Å². The number of hydrogen-bond donors (Lipinski definition) is 12. The first-order valence-corrected chi connectivity index (χ1v) is 16.4. The summed E-state index contributed by atoms with van der Waals surface area (Å²) in [5, 5.41) is 121. The van der Waals surface area contributed by atoms with Crippen LogP contribution in [0.4, 0.5) is 0 Å². The number of carboxylic acid groups (broad SMARTS) is 2. The second-order valence-corrected chi connectivity index (χ2v) is 12.8. The normalized spacial score (nSPS) is 36.6. The second-order valence-electron chi connectivity index (χ2n) is 12.8. The van der Waals surface area contributed by atoms with Gasteiger partial charge in [0.2, 0.25) is 12.6 Å². The van der Waals surface area contributed by atoms with Crippen molar-refractivity contribution in [3.8, 4) is 28.6 Å². The van der Waals surface area contributed by atoms with Gasteiger partial charge >= 0.3 is 11.9 Å². The van der Waals surface area contributed by atoms with Crippen molar-refractivity contribution in [2.75, 3.05) is 6.61 Å². The number of rotatable bonds is 10. The van der Waals surface area contributed by atoms with Gasteiger partial charge in [-0.2, -0.15) is 0 Å². The van der Waals surface area contributed by atoms with E-state index >= 15 is 0 Å². The van der Waals surface area contributed by atoms with Crippen molar-refractivity contribution in [1.82, 2.24) is 0 Å². The van der Waals surface area contributed by atoms with Crippen molar-refractivity contribution in [3.05, 3.63) is 52.7 Å². The first kappa shape index (κ1) is 40.1. The van der Waals surface area contributed by atoms with Gasteiger partial charge in [-0.3, -0.25) is 4.79 Å². The number of aromatic hydroxyl groups is 1. The summed E-state index contributed by atoms with van der Waals surface area (Å²) in [4.78, 5) is 36.4. The van der Waals surface area contributed by atoms with Crippen molar-refractivity contribution >= 4 is 22.9 Å². The van der Waals surface area contributed by atoms with E-state index in [0.29, 0.717) is 0 Å². The molecule has 55 heavy (non-hydrogen) atoms. The Kier molecular flexibility index (Phi) is 11.6. The van der Waals surface area contributed by atoms with Crippen LogP contribution >= 0.6 is 0 Å². The average molecular weight is 785 g/mol. The SMILES string of the molecule is O=C(O)C1OC(Oc2ccc(-c3cc(=O)c4c(O)cc(OC5OC(C(=O)O)C(O)C(O)C5OC5OC(CO)C(O)C(O)C5O)cc4o3)cc2)C(O)C(O)C1O. The second kappa shape index (κ2) is 15.9. The predicted molar refractivity (Wildman–Crippen MR) is 172 cm³/mol. The molecule has 0 amide bonds. The maximum absolute atomic E-state index is 13.1. The average Bonchev–Trinajstić information content (AvgIpc) is 3.14. The number of carboxylic acids is 2. The lowest BCUT2D eigenvalue weighted by Crippen LogP contribution is -2.65. The van der Waals surface area contributed by atoms with Crippen LogP contribution in [0.5, 0.6) is 17.2 Å². The van der Waals surface area contributed by atoms with E-state index in [1.54, 1.807) is 0 Å². The van der Waals surface area contributed by atoms with Crippen LogP contribution in [0.3, 0.4) is 0 Å². The standard InChI is InChI=1S/C33H36O22/c34-8-16-18(37)19(38)24(43)32(52-16)55-28-23(42)22(41)27(30(47)48)54-33(28)50-11-5-12(35)17-13(36)7-14(51-15(17)6-11)9-1-3-10(4-2-9)49-31-25(44)20(39)21(40)26(53-31)29(45)46/h1-7,16,18-28,31-35,37-44H,8H2,(H,45,46)(H,47,48). The third kappa shape index (κ3) is 7.81. The third-order valence-corrected chi connectivity index (χ3v) is 9.17. The van der Waals surface area contributed by atoms with E-state index in [0.717, 1.165) is 18.2 Å². The fourth-order valence-corrected chi connectivity index (χ4v) is 6.18. The topological polar surface area (TPSA) is 362 Å². The Hall–Kier alpha value is -4.53. The van der Waals surface area contributed by atoms with Crippen LogP contribution in [0.2, 0.25) is 0 Å². The molecule has 15 atom stereocenters. The summed E-state index contributed by atoms with van der Waals surface area (Å²) in [7, 11) is 0. The van der Waals surface area contributed by atoms with Gasteiger partial charge in [0.15, 0.2) is 30.0 Å². The maximum atomic E-state index is 13.1. The summed E-state index contributed by atoms with van der Waals surface area (Å²) in [6, 6.07) is 8.42. The summed E-state index contributed by atoms with van der Waals surface area (Å²) in [6.07, 6.45) is -28.6. The summed E-state index contributed by atoms with van der Waals surface area (Å²) in [5.41, 5.74) is -0.790. The fourth-order valence-electron chi connectivity index (χ4n) is 6.18. The zero-order valence-electron chi connectivity index (χ0n) is 27.9. The largest absolute Gasteiger partial charge is 0.507 e. The highest BCUT2D eigenvalue weighted by Gasteiger charge is 2.53. The number of aliphatic hydroxyl groups is 9. The minimum atomic E-state index is -2.14. The lowest BCUT2D eigenvalue weighted by molar-refractivity contribution is -0.354. The van der Waals surface area contributed by atoms with E-state index in [1.165, 1.54) is 24.3 Å². The molecule has 3 aliphatic rings. The molecular weight excluding hydrogens is 748 g/mol. The lowest BCUT2D eigenvalue weighted by Gasteiger charge is -2.45. The van der Waals surface area contributed by atoms with Gasteiger partial charge in [-0.05, 0) is 24.3 Å². The summed E-state index contributed by atoms with van der Waals surface area (Å²) in [5.74, 6) is -4.48. The van der Waals surface area contributed by atoms with Crippen molar-refractivity contribution in [1.29, 1.82) is 0 Å². The molecule has 2 aromatic carbocycles. The quantitative estimate of drug-likeness (QED) is 0.0922. The number of aliphatic hydroxyl groups excluding tert-OH is 9. The molecule has 4 heterocycles. The number of benzene rings is 2. The Morgan fingerprint density at radius 2 is 1.20 bits per heavy atom. The molecular formula is C33H36O22. The van der Waals surface area contributed by atoms with E-state index in [4.69, 9.17) is 32.8 Å². The Balaban J connectivity index is 1.26. The van der Waals surface area contributed by atoms with Crippen LogP contribution in [0, 0.1) is 0 Å². The van der Waals surface area contributed by atoms with Gasteiger partial charge in [0.1, 0.15) is 88.9 Å². The van der Waals surface area contributed by atoms with Crippen LogP contribution < -0.4 is 14.9 Å². The molecule has 15 unspecified atom stereocenters. The molecule has 0 aliphatic carbocycles. The first-order chi connectivity index (χ1) is 26.0. The van der Waals surface area contributed by atoms with Gasteiger partial charge in [0, 0.05) is 23.8 Å². The summed E-state index contributed by atoms with van der Waals surface area (Å²) >= 11 is 0. The minimum Gasteiger partial charge on any atom is -0.507 e. The Labute approximate surface area is 306 Å². The predicted octanol–water partition coefficient (Wildman–Crippen LogP) is -4.47. The molecule has 3 fully saturated rings. The molecule has 12 N–H and O–H groups in total. The monoisotopic (exact) mass is 784 g/mol. The number of hydrogen-bond acceptors (Lipinski definition) is 20. The summed E-state index contributed by atoms with van der Waals surface area (Å²) in [6.45, 7) is -0.842. The molecule has 0 saturated carbocycles. The molecule has 22 nitrogen and oxygen atoms in total. The van der Waals surface area contributed by atoms with E-state index in [9.17, 15) is 75.7 Å². The van der Waals surface area contributed by atoms with Gasteiger partial charge in [0.25, 0.3) is 0 Å². The van der Waals surface area contributed by atoms with Crippen molar-refractivity contribution in [2.24, 2.45) is 0 Å².